The smallest absolute Gasteiger partial charge is 0.340 e. The summed E-state index contributed by atoms with van der Waals surface area (Å²) in [6.45, 7) is 4.37. The average molecular weight is 445 g/mol. The quantitative estimate of drug-likeness (QED) is 0.693. The molecule has 0 radical (unpaired) electrons. The number of carbonyl (C=O) groups is 1. The first-order valence-electron chi connectivity index (χ1n) is 9.04. The summed E-state index contributed by atoms with van der Waals surface area (Å²) < 4.78 is 60.2. The Bertz CT molecular complexity index is 1040. The number of methoxy groups -OCH3 is 1. The van der Waals surface area contributed by atoms with Crippen molar-refractivity contribution >= 4 is 27.3 Å². The van der Waals surface area contributed by atoms with Crippen LogP contribution in [0.2, 0.25) is 0 Å². The zero-order chi connectivity index (χ0) is 21.3. The van der Waals surface area contributed by atoms with Gasteiger partial charge in [-0.3, -0.25) is 4.90 Å². The molecule has 0 aliphatic carbocycles. The van der Waals surface area contributed by atoms with E-state index in [0.717, 1.165) is 29.5 Å². The van der Waals surface area contributed by atoms with Crippen LogP contribution in [0.5, 0.6) is 0 Å². The second kappa shape index (κ2) is 8.47. The van der Waals surface area contributed by atoms with Gasteiger partial charge in [-0.25, -0.2) is 26.7 Å². The first-order chi connectivity index (χ1) is 13.6. The Balaban J connectivity index is 1.94. The Kier molecular flexibility index (Phi) is 6.37. The van der Waals surface area contributed by atoms with E-state index in [9.17, 15) is 22.0 Å². The number of esters is 1. The van der Waals surface area contributed by atoms with Gasteiger partial charge in [0.2, 0.25) is 0 Å². The summed E-state index contributed by atoms with van der Waals surface area (Å²) in [6, 6.07) is 2.97. The molecule has 2 heterocycles. The Hall–Kier alpha value is -1.88. The third-order valence-electron chi connectivity index (χ3n) is 4.53. The van der Waals surface area contributed by atoms with Gasteiger partial charge < -0.3 is 4.74 Å². The lowest BCUT2D eigenvalue weighted by Gasteiger charge is -2.27. The number of halogens is 2. The number of fused-ring (bicyclic) bond motifs is 1. The van der Waals surface area contributed by atoms with Gasteiger partial charge in [-0.2, -0.15) is 0 Å². The number of hydrogen-bond acceptors (Lipinski definition) is 6. The fraction of sp³-hybridized carbons (Fsp3) is 0.421. The lowest BCUT2D eigenvalue weighted by molar-refractivity contribution is 0.0595. The second-order valence-electron chi connectivity index (χ2n) is 7.13. The summed E-state index contributed by atoms with van der Waals surface area (Å²) in [5.74, 6) is -1.71. The van der Waals surface area contributed by atoms with Crippen LogP contribution in [0, 0.1) is 11.6 Å². The zero-order valence-corrected chi connectivity index (χ0v) is 17.9. The largest absolute Gasteiger partial charge is 0.465 e. The van der Waals surface area contributed by atoms with E-state index in [-0.39, 0.29) is 27.9 Å². The Morgan fingerprint density at radius 2 is 2.07 bits per heavy atom. The Morgan fingerprint density at radius 3 is 2.72 bits per heavy atom. The van der Waals surface area contributed by atoms with Gasteiger partial charge in [0.05, 0.1) is 12.7 Å². The van der Waals surface area contributed by atoms with E-state index < -0.39 is 27.6 Å². The van der Waals surface area contributed by atoms with Crippen molar-refractivity contribution in [3.8, 4) is 0 Å². The number of nitrogens with zero attached hydrogens (tertiary/aromatic N) is 1. The normalized spacial score (nSPS) is 14.8. The number of nitrogens with one attached hydrogen (secondary N) is 1. The highest BCUT2D eigenvalue weighted by atomic mass is 32.2. The van der Waals surface area contributed by atoms with Gasteiger partial charge in [-0.05, 0) is 44.0 Å². The van der Waals surface area contributed by atoms with E-state index in [1.165, 1.54) is 7.11 Å². The number of thiophene rings is 1. The molecule has 0 fully saturated rings. The van der Waals surface area contributed by atoms with Gasteiger partial charge in [-0.15, -0.1) is 11.3 Å². The van der Waals surface area contributed by atoms with Crippen LogP contribution >= 0.6 is 11.3 Å². The van der Waals surface area contributed by atoms with E-state index in [2.05, 4.69) is 4.72 Å². The van der Waals surface area contributed by atoms with Crippen LogP contribution in [0.3, 0.4) is 0 Å². The number of hydrogen-bond donors (Lipinski definition) is 1. The summed E-state index contributed by atoms with van der Waals surface area (Å²) in [7, 11) is -2.68. The van der Waals surface area contributed by atoms with Crippen LogP contribution in [0.15, 0.2) is 22.4 Å². The first-order valence-corrected chi connectivity index (χ1v) is 11.3. The molecule has 3 rings (SSSR count). The summed E-state index contributed by atoms with van der Waals surface area (Å²) in [5.41, 5.74) is 0.937. The van der Waals surface area contributed by atoms with Crippen molar-refractivity contribution in [1.29, 1.82) is 0 Å². The van der Waals surface area contributed by atoms with Crippen LogP contribution in [-0.2, 0) is 34.3 Å². The van der Waals surface area contributed by atoms with E-state index in [0.29, 0.717) is 30.0 Å². The molecule has 1 aromatic carbocycles. The average Bonchev–Trinajstić information content (AvgIpc) is 3.03. The third kappa shape index (κ3) is 4.66. The van der Waals surface area contributed by atoms with Gasteiger partial charge in [-0.1, -0.05) is 0 Å². The van der Waals surface area contributed by atoms with E-state index in [4.69, 9.17) is 4.74 Å². The highest BCUT2D eigenvalue weighted by Crippen LogP contribution is 2.37. The molecule has 0 unspecified atom stereocenters. The maximum absolute atomic E-state index is 14.0. The van der Waals surface area contributed by atoms with Crippen LogP contribution < -0.4 is 4.72 Å². The van der Waals surface area contributed by atoms with Crippen molar-refractivity contribution in [3.63, 3.8) is 0 Å². The van der Waals surface area contributed by atoms with Gasteiger partial charge in [0.1, 0.15) is 15.8 Å². The topological polar surface area (TPSA) is 75.7 Å². The first kappa shape index (κ1) is 21.8. The van der Waals surface area contributed by atoms with Gasteiger partial charge in [0.25, 0.3) is 10.0 Å². The number of carbonyl (C=O) groups excluding carboxylic acids is 1. The molecular weight excluding hydrogens is 422 g/mol. The van der Waals surface area contributed by atoms with Crippen LogP contribution in [0.25, 0.3) is 0 Å². The molecule has 1 aliphatic rings. The molecule has 2 aromatic rings. The van der Waals surface area contributed by atoms with Gasteiger partial charge in [0.15, 0.2) is 0 Å². The van der Waals surface area contributed by atoms with Crippen LogP contribution in [0.4, 0.5) is 8.78 Å². The van der Waals surface area contributed by atoms with Crippen molar-refractivity contribution in [2.45, 2.75) is 43.6 Å². The zero-order valence-electron chi connectivity index (χ0n) is 16.3. The van der Waals surface area contributed by atoms with Gasteiger partial charge >= 0.3 is 5.97 Å². The number of ether oxygens (including phenoxy) is 1. The minimum Gasteiger partial charge on any atom is -0.465 e. The SMILES string of the molecule is COC(=O)c1c(S(=O)(=O)NC(C)C)sc2c1CCN(Cc1cc(F)ccc1F)C2. The minimum atomic E-state index is -3.89. The molecule has 0 atom stereocenters. The molecule has 0 amide bonds. The molecule has 6 nitrogen and oxygen atoms in total. The summed E-state index contributed by atoms with van der Waals surface area (Å²) >= 11 is 1.02. The molecule has 1 aromatic heterocycles. The van der Waals surface area contributed by atoms with Crippen molar-refractivity contribution < 1.29 is 26.7 Å². The predicted molar refractivity (Wildman–Crippen MR) is 105 cm³/mol. The van der Waals surface area contributed by atoms with Crippen LogP contribution in [0.1, 0.15) is 40.2 Å². The molecule has 0 bridgehead atoms. The van der Waals surface area contributed by atoms with Crippen molar-refractivity contribution in [1.82, 2.24) is 9.62 Å². The molecule has 0 saturated carbocycles. The predicted octanol–water partition coefficient (Wildman–Crippen LogP) is 3.06. The highest BCUT2D eigenvalue weighted by molar-refractivity contribution is 7.91. The summed E-state index contributed by atoms with van der Waals surface area (Å²) in [6.07, 6.45) is 0.407. The molecular formula is C19H22F2N2O4S2. The molecule has 10 heteroatoms. The lowest BCUT2D eigenvalue weighted by atomic mass is 10.0. The summed E-state index contributed by atoms with van der Waals surface area (Å²) in [5, 5.41) is 0. The maximum atomic E-state index is 14.0. The summed E-state index contributed by atoms with van der Waals surface area (Å²) in [4.78, 5) is 14.9. The second-order valence-corrected chi connectivity index (χ2v) is 10.1. The number of rotatable bonds is 6. The number of sulfonamides is 1. The molecule has 1 N–H and O–H groups in total. The highest BCUT2D eigenvalue weighted by Gasteiger charge is 2.34. The third-order valence-corrected chi connectivity index (χ3v) is 7.92. The Labute approximate surface area is 172 Å². The standard InChI is InChI=1S/C19H22F2N2O4S2/c1-11(2)22-29(25,26)19-17(18(24)27-3)14-6-7-23(10-16(14)28-19)9-12-8-13(20)4-5-15(12)21/h4-5,8,11,22H,6-7,9-10H2,1-3H3. The number of benzene rings is 1. The van der Waals surface area contributed by atoms with Crippen molar-refractivity contribution in [3.05, 3.63) is 51.4 Å². The molecule has 0 saturated heterocycles. The van der Waals surface area contributed by atoms with Crippen molar-refractivity contribution in [2.75, 3.05) is 13.7 Å². The fourth-order valence-electron chi connectivity index (χ4n) is 3.33. The fourth-order valence-corrected chi connectivity index (χ4v) is 6.53. The van der Waals surface area contributed by atoms with E-state index in [1.807, 2.05) is 4.90 Å². The molecule has 1 aliphatic heterocycles. The van der Waals surface area contributed by atoms with Gasteiger partial charge in [0, 0.05) is 36.1 Å². The van der Waals surface area contributed by atoms with E-state index >= 15 is 0 Å². The lowest BCUT2D eigenvalue weighted by Crippen LogP contribution is -2.31. The van der Waals surface area contributed by atoms with Crippen molar-refractivity contribution in [2.24, 2.45) is 0 Å². The Morgan fingerprint density at radius 1 is 1.34 bits per heavy atom. The molecule has 158 valence electrons. The maximum Gasteiger partial charge on any atom is 0.340 e. The molecule has 29 heavy (non-hydrogen) atoms. The minimum absolute atomic E-state index is 0.0669. The monoisotopic (exact) mass is 444 g/mol. The van der Waals surface area contributed by atoms with E-state index in [1.54, 1.807) is 13.8 Å². The van der Waals surface area contributed by atoms with Crippen LogP contribution in [-0.4, -0.2) is 39.0 Å². The molecule has 0 spiro atoms.